The highest BCUT2D eigenvalue weighted by molar-refractivity contribution is 14.1. The summed E-state index contributed by atoms with van der Waals surface area (Å²) in [4.78, 5) is 16.4. The van der Waals surface area contributed by atoms with Gasteiger partial charge in [0.2, 0.25) is 0 Å². The first-order valence-electron chi connectivity index (χ1n) is 7.52. The van der Waals surface area contributed by atoms with E-state index in [1.807, 2.05) is 6.07 Å². The standard InChI is InChI=1S/C18H13F3IN3O/c1-11-9-25(10-23-11)16-7-13(18(19,20)21)6-15(8-16)24-17(26)12-3-2-4-14(22)5-12/h2-10H,1H3,(H,24,26). The molecule has 0 saturated heterocycles. The van der Waals surface area contributed by atoms with Crippen LogP contribution < -0.4 is 5.32 Å². The Morgan fingerprint density at radius 2 is 1.96 bits per heavy atom. The molecule has 3 rings (SSSR count). The number of hydrogen-bond donors (Lipinski definition) is 1. The number of nitrogens with one attached hydrogen (secondary N) is 1. The predicted molar refractivity (Wildman–Crippen MR) is 100 cm³/mol. The van der Waals surface area contributed by atoms with Crippen molar-refractivity contribution < 1.29 is 18.0 Å². The minimum absolute atomic E-state index is 0.0602. The highest BCUT2D eigenvalue weighted by atomic mass is 127. The molecule has 0 aliphatic carbocycles. The summed E-state index contributed by atoms with van der Waals surface area (Å²) in [5, 5.41) is 2.54. The van der Waals surface area contributed by atoms with Gasteiger partial charge in [0.15, 0.2) is 0 Å². The van der Waals surface area contributed by atoms with Gasteiger partial charge in [0.05, 0.1) is 17.6 Å². The van der Waals surface area contributed by atoms with Crippen LogP contribution in [0.2, 0.25) is 0 Å². The van der Waals surface area contributed by atoms with Crippen LogP contribution in [-0.2, 0) is 6.18 Å². The third-order valence-electron chi connectivity index (χ3n) is 3.60. The van der Waals surface area contributed by atoms with Crippen LogP contribution in [0.1, 0.15) is 21.6 Å². The summed E-state index contributed by atoms with van der Waals surface area (Å²) in [6.45, 7) is 1.74. The van der Waals surface area contributed by atoms with Gasteiger partial charge in [0.1, 0.15) is 0 Å². The van der Waals surface area contributed by atoms with Crippen molar-refractivity contribution in [2.45, 2.75) is 13.1 Å². The number of hydrogen-bond acceptors (Lipinski definition) is 2. The largest absolute Gasteiger partial charge is 0.416 e. The highest BCUT2D eigenvalue weighted by Gasteiger charge is 2.31. The number of aryl methyl sites for hydroxylation is 1. The Hall–Kier alpha value is -2.36. The van der Waals surface area contributed by atoms with Crippen molar-refractivity contribution in [1.29, 1.82) is 0 Å². The quantitative estimate of drug-likeness (QED) is 0.544. The van der Waals surface area contributed by atoms with Crippen LogP contribution >= 0.6 is 22.6 Å². The lowest BCUT2D eigenvalue weighted by atomic mass is 10.1. The Labute approximate surface area is 161 Å². The number of benzene rings is 2. The molecule has 1 aromatic heterocycles. The van der Waals surface area contributed by atoms with Crippen LogP contribution in [0, 0.1) is 10.5 Å². The molecule has 3 aromatic rings. The molecule has 0 spiro atoms. The van der Waals surface area contributed by atoms with Gasteiger partial charge in [-0.1, -0.05) is 6.07 Å². The fourth-order valence-electron chi connectivity index (χ4n) is 2.39. The van der Waals surface area contributed by atoms with Gasteiger partial charge in [-0.25, -0.2) is 4.98 Å². The number of alkyl halides is 3. The zero-order chi connectivity index (χ0) is 18.9. The SMILES string of the molecule is Cc1cn(-c2cc(NC(=O)c3cccc(I)c3)cc(C(F)(F)F)c2)cn1. The van der Waals surface area contributed by atoms with Crippen LogP contribution in [0.25, 0.3) is 5.69 Å². The smallest absolute Gasteiger partial charge is 0.322 e. The average Bonchev–Trinajstić information content (AvgIpc) is 3.00. The van der Waals surface area contributed by atoms with Crippen LogP contribution in [0.15, 0.2) is 55.0 Å². The third kappa shape index (κ3) is 4.24. The molecule has 0 atom stereocenters. The zero-order valence-corrected chi connectivity index (χ0v) is 15.7. The maximum Gasteiger partial charge on any atom is 0.416 e. The summed E-state index contributed by atoms with van der Waals surface area (Å²) in [5.41, 5.74) is 0.517. The van der Waals surface area contributed by atoms with Crippen molar-refractivity contribution >= 4 is 34.2 Å². The molecule has 0 fully saturated rings. The summed E-state index contributed by atoms with van der Waals surface area (Å²) in [6, 6.07) is 10.2. The number of carbonyl (C=O) groups is 1. The number of rotatable bonds is 3. The first kappa shape index (κ1) is 18.4. The second-order valence-electron chi connectivity index (χ2n) is 5.65. The first-order chi connectivity index (χ1) is 12.2. The molecule has 0 saturated carbocycles. The number of carbonyl (C=O) groups excluding carboxylic acids is 1. The predicted octanol–water partition coefficient (Wildman–Crippen LogP) is 5.06. The van der Waals surface area contributed by atoms with E-state index in [2.05, 4.69) is 32.9 Å². The van der Waals surface area contributed by atoms with E-state index in [4.69, 9.17) is 0 Å². The van der Waals surface area contributed by atoms with Gasteiger partial charge in [-0.3, -0.25) is 4.79 Å². The lowest BCUT2D eigenvalue weighted by molar-refractivity contribution is -0.137. The average molecular weight is 471 g/mol. The summed E-state index contributed by atoms with van der Waals surface area (Å²) in [5.74, 6) is -0.476. The van der Waals surface area contributed by atoms with Gasteiger partial charge >= 0.3 is 6.18 Å². The molecule has 0 unspecified atom stereocenters. The number of aromatic nitrogens is 2. The van der Waals surface area contributed by atoms with E-state index in [1.165, 1.54) is 17.0 Å². The van der Waals surface area contributed by atoms with Crippen molar-refractivity contribution in [2.24, 2.45) is 0 Å². The van der Waals surface area contributed by atoms with E-state index in [0.717, 1.165) is 15.7 Å². The Balaban J connectivity index is 1.99. The molecule has 134 valence electrons. The van der Waals surface area contributed by atoms with Crippen LogP contribution in [-0.4, -0.2) is 15.5 Å². The molecule has 1 N–H and O–H groups in total. The number of halogens is 4. The van der Waals surface area contributed by atoms with Crippen molar-refractivity contribution in [2.75, 3.05) is 5.32 Å². The lowest BCUT2D eigenvalue weighted by Crippen LogP contribution is -2.14. The minimum atomic E-state index is -4.53. The fourth-order valence-corrected chi connectivity index (χ4v) is 2.93. The second-order valence-corrected chi connectivity index (χ2v) is 6.90. The van der Waals surface area contributed by atoms with Gasteiger partial charge < -0.3 is 9.88 Å². The van der Waals surface area contributed by atoms with Crippen LogP contribution in [0.3, 0.4) is 0 Å². The fraction of sp³-hybridized carbons (Fsp3) is 0.111. The van der Waals surface area contributed by atoms with Gasteiger partial charge in [-0.2, -0.15) is 13.2 Å². The van der Waals surface area contributed by atoms with Crippen LogP contribution in [0.4, 0.5) is 18.9 Å². The molecule has 0 radical (unpaired) electrons. The number of nitrogens with zero attached hydrogens (tertiary/aromatic N) is 2. The highest BCUT2D eigenvalue weighted by Crippen LogP contribution is 2.33. The number of amides is 1. The Morgan fingerprint density at radius 3 is 2.58 bits per heavy atom. The van der Waals surface area contributed by atoms with E-state index < -0.39 is 17.6 Å². The second kappa shape index (κ2) is 7.10. The molecule has 2 aromatic carbocycles. The molecule has 0 bridgehead atoms. The summed E-state index contributed by atoms with van der Waals surface area (Å²) in [6.07, 6.45) is -1.50. The first-order valence-corrected chi connectivity index (χ1v) is 8.60. The molecular formula is C18H13F3IN3O. The summed E-state index contributed by atoms with van der Waals surface area (Å²) < 4.78 is 42.1. The van der Waals surface area contributed by atoms with Crippen molar-refractivity contribution in [3.63, 3.8) is 0 Å². The maximum absolute atomic E-state index is 13.2. The molecular weight excluding hydrogens is 458 g/mol. The third-order valence-corrected chi connectivity index (χ3v) is 4.27. The molecule has 0 aliphatic heterocycles. The van der Waals surface area contributed by atoms with Gasteiger partial charge in [0, 0.05) is 26.7 Å². The van der Waals surface area contributed by atoms with Crippen molar-refractivity contribution in [3.05, 3.63) is 75.4 Å². The van der Waals surface area contributed by atoms with E-state index in [0.29, 0.717) is 11.3 Å². The lowest BCUT2D eigenvalue weighted by Gasteiger charge is -2.13. The molecule has 8 heteroatoms. The van der Waals surface area contributed by atoms with Gasteiger partial charge in [-0.15, -0.1) is 0 Å². The topological polar surface area (TPSA) is 46.9 Å². The summed E-state index contributed by atoms with van der Waals surface area (Å²) >= 11 is 2.06. The molecule has 1 heterocycles. The molecule has 4 nitrogen and oxygen atoms in total. The monoisotopic (exact) mass is 471 g/mol. The van der Waals surface area contributed by atoms with Gasteiger partial charge in [0.25, 0.3) is 5.91 Å². The Morgan fingerprint density at radius 1 is 1.19 bits per heavy atom. The van der Waals surface area contributed by atoms with Crippen LogP contribution in [0.5, 0.6) is 0 Å². The number of anilines is 1. The Bertz CT molecular complexity index is 966. The van der Waals surface area contributed by atoms with Crippen molar-refractivity contribution in [1.82, 2.24) is 9.55 Å². The van der Waals surface area contributed by atoms with E-state index in [9.17, 15) is 18.0 Å². The van der Waals surface area contributed by atoms with Crippen molar-refractivity contribution in [3.8, 4) is 5.69 Å². The van der Waals surface area contributed by atoms with Gasteiger partial charge in [-0.05, 0) is 65.9 Å². The van der Waals surface area contributed by atoms with E-state index >= 15 is 0 Å². The maximum atomic E-state index is 13.2. The number of imidazole rings is 1. The minimum Gasteiger partial charge on any atom is -0.322 e. The normalized spacial score (nSPS) is 11.4. The molecule has 0 aliphatic rings. The molecule has 1 amide bonds. The molecule has 26 heavy (non-hydrogen) atoms. The zero-order valence-electron chi connectivity index (χ0n) is 13.5. The summed E-state index contributed by atoms with van der Waals surface area (Å²) in [7, 11) is 0. The van der Waals surface area contributed by atoms with E-state index in [1.54, 1.807) is 31.3 Å². The Kier molecular flexibility index (Phi) is 5.03. The van der Waals surface area contributed by atoms with E-state index in [-0.39, 0.29) is 11.4 Å².